The third-order valence-corrected chi connectivity index (χ3v) is 4.02. The summed E-state index contributed by atoms with van der Waals surface area (Å²) in [6.45, 7) is 5.72. The van der Waals surface area contributed by atoms with Crippen molar-refractivity contribution in [1.82, 2.24) is 9.80 Å². The van der Waals surface area contributed by atoms with E-state index in [1.807, 2.05) is 12.1 Å². The van der Waals surface area contributed by atoms with Gasteiger partial charge < -0.3 is 9.52 Å². The van der Waals surface area contributed by atoms with Crippen LogP contribution in [0, 0.1) is 0 Å². The van der Waals surface area contributed by atoms with E-state index in [2.05, 4.69) is 40.1 Å². The minimum atomic E-state index is -0.527. The Kier molecular flexibility index (Phi) is 8.66. The summed E-state index contributed by atoms with van der Waals surface area (Å²) in [6.07, 6.45) is 1.08. The third kappa shape index (κ3) is 5.83. The molecule has 3 rings (SSSR count). The number of β-amino-alcohol motifs (C(OH)–C–C–N with tert-alkyl or cyclic N) is 1. The van der Waals surface area contributed by atoms with Gasteiger partial charge in [0.15, 0.2) is 0 Å². The fraction of sp³-hybridized carbons (Fsp3) is 0.412. The van der Waals surface area contributed by atoms with Gasteiger partial charge in [0, 0.05) is 39.3 Å². The summed E-state index contributed by atoms with van der Waals surface area (Å²) in [6, 6.07) is 14.2. The maximum absolute atomic E-state index is 10.1. The lowest BCUT2D eigenvalue weighted by Crippen LogP contribution is -2.47. The molecule has 1 aliphatic rings. The summed E-state index contributed by atoms with van der Waals surface area (Å²) < 4.78 is 5.25. The number of hydrogen-bond donors (Lipinski definition) is 1. The number of hydrogen-bond acceptors (Lipinski definition) is 4. The first kappa shape index (κ1) is 20.0. The monoisotopic (exact) mass is 358 g/mol. The van der Waals surface area contributed by atoms with E-state index in [0.717, 1.165) is 32.7 Å². The van der Waals surface area contributed by atoms with Gasteiger partial charge in [-0.15, -0.1) is 24.8 Å². The van der Waals surface area contributed by atoms with Gasteiger partial charge in [-0.25, -0.2) is 0 Å². The SMILES string of the molecule is Cl.Cl.OC(CN1CCN(Cc2ccccc2)CC1)c1ccco1. The summed E-state index contributed by atoms with van der Waals surface area (Å²) in [5.74, 6) is 0.654. The van der Waals surface area contributed by atoms with Gasteiger partial charge in [-0.2, -0.15) is 0 Å². The van der Waals surface area contributed by atoms with Gasteiger partial charge in [0.1, 0.15) is 11.9 Å². The lowest BCUT2D eigenvalue weighted by molar-refractivity contribution is 0.0598. The molecule has 2 aromatic rings. The van der Waals surface area contributed by atoms with Crippen molar-refractivity contribution in [1.29, 1.82) is 0 Å². The normalized spacial score (nSPS) is 17.1. The van der Waals surface area contributed by atoms with Crippen LogP contribution in [0.2, 0.25) is 0 Å². The highest BCUT2D eigenvalue weighted by molar-refractivity contribution is 5.85. The molecule has 2 heterocycles. The van der Waals surface area contributed by atoms with Crippen molar-refractivity contribution in [2.75, 3.05) is 32.7 Å². The molecule has 0 aliphatic carbocycles. The number of furan rings is 1. The molecule has 1 N–H and O–H groups in total. The molecule has 128 valence electrons. The zero-order valence-electron chi connectivity index (χ0n) is 13.0. The van der Waals surface area contributed by atoms with Crippen LogP contribution < -0.4 is 0 Å². The minimum absolute atomic E-state index is 0. The average molecular weight is 359 g/mol. The summed E-state index contributed by atoms with van der Waals surface area (Å²) in [5, 5.41) is 10.1. The van der Waals surface area contributed by atoms with E-state index in [1.54, 1.807) is 6.26 Å². The molecule has 0 bridgehead atoms. The van der Waals surface area contributed by atoms with Crippen molar-refractivity contribution in [2.24, 2.45) is 0 Å². The van der Waals surface area contributed by atoms with Crippen molar-refractivity contribution in [3.05, 3.63) is 60.1 Å². The first-order chi connectivity index (χ1) is 10.3. The first-order valence-corrected chi connectivity index (χ1v) is 7.51. The van der Waals surface area contributed by atoms with Crippen LogP contribution in [-0.4, -0.2) is 47.6 Å². The second-order valence-corrected chi connectivity index (χ2v) is 5.59. The Hall–Kier alpha value is -1.04. The van der Waals surface area contributed by atoms with E-state index in [1.165, 1.54) is 5.56 Å². The van der Waals surface area contributed by atoms with Crippen molar-refractivity contribution in [2.45, 2.75) is 12.6 Å². The quantitative estimate of drug-likeness (QED) is 0.891. The van der Waals surface area contributed by atoms with Gasteiger partial charge >= 0.3 is 0 Å². The Bertz CT molecular complexity index is 529. The van der Waals surface area contributed by atoms with E-state index < -0.39 is 6.10 Å². The Balaban J connectivity index is 0.00000132. The van der Waals surface area contributed by atoms with Crippen molar-refractivity contribution in [3.8, 4) is 0 Å². The Morgan fingerprint density at radius 1 is 0.913 bits per heavy atom. The Morgan fingerprint density at radius 3 is 2.17 bits per heavy atom. The first-order valence-electron chi connectivity index (χ1n) is 7.51. The summed E-state index contributed by atoms with van der Waals surface area (Å²) in [4.78, 5) is 4.76. The highest BCUT2D eigenvalue weighted by atomic mass is 35.5. The summed E-state index contributed by atoms with van der Waals surface area (Å²) in [7, 11) is 0. The Labute approximate surface area is 149 Å². The Morgan fingerprint density at radius 2 is 1.57 bits per heavy atom. The third-order valence-electron chi connectivity index (χ3n) is 4.02. The molecule has 1 fully saturated rings. The molecule has 4 nitrogen and oxygen atoms in total. The average Bonchev–Trinajstić information content (AvgIpc) is 3.05. The number of aliphatic hydroxyl groups is 1. The smallest absolute Gasteiger partial charge is 0.133 e. The molecule has 1 saturated heterocycles. The molecule has 1 aliphatic heterocycles. The highest BCUT2D eigenvalue weighted by Crippen LogP contribution is 2.16. The number of nitrogens with zero attached hydrogens (tertiary/aromatic N) is 2. The van der Waals surface area contributed by atoms with Crippen molar-refractivity contribution in [3.63, 3.8) is 0 Å². The van der Waals surface area contributed by atoms with E-state index >= 15 is 0 Å². The fourth-order valence-electron chi connectivity index (χ4n) is 2.79. The summed E-state index contributed by atoms with van der Waals surface area (Å²) >= 11 is 0. The lowest BCUT2D eigenvalue weighted by Gasteiger charge is -2.35. The molecule has 0 spiro atoms. The molecule has 0 radical (unpaired) electrons. The standard InChI is InChI=1S/C17H22N2O2.2ClH/c20-16(17-7-4-12-21-17)14-19-10-8-18(9-11-19)13-15-5-2-1-3-6-15;;/h1-7,12,16,20H,8-11,13-14H2;2*1H. The zero-order valence-corrected chi connectivity index (χ0v) is 14.6. The van der Waals surface area contributed by atoms with Gasteiger partial charge in [0.25, 0.3) is 0 Å². The molecular weight excluding hydrogens is 335 g/mol. The molecule has 1 aromatic carbocycles. The van der Waals surface area contributed by atoms with E-state index in [0.29, 0.717) is 12.3 Å². The van der Waals surface area contributed by atoms with Crippen molar-refractivity contribution >= 4 is 24.8 Å². The number of halogens is 2. The fourth-order valence-corrected chi connectivity index (χ4v) is 2.79. The van der Waals surface area contributed by atoms with Crippen LogP contribution in [0.15, 0.2) is 53.1 Å². The lowest BCUT2D eigenvalue weighted by atomic mass is 10.2. The second-order valence-electron chi connectivity index (χ2n) is 5.59. The predicted molar refractivity (Wildman–Crippen MR) is 96.3 cm³/mol. The van der Waals surface area contributed by atoms with Gasteiger partial charge in [-0.05, 0) is 17.7 Å². The molecule has 23 heavy (non-hydrogen) atoms. The van der Waals surface area contributed by atoms with Crippen molar-refractivity contribution < 1.29 is 9.52 Å². The largest absolute Gasteiger partial charge is 0.467 e. The van der Waals surface area contributed by atoms with Crippen LogP contribution >= 0.6 is 24.8 Å². The summed E-state index contributed by atoms with van der Waals surface area (Å²) in [5.41, 5.74) is 1.36. The van der Waals surface area contributed by atoms with Gasteiger partial charge in [0.05, 0.1) is 6.26 Å². The molecule has 1 aromatic heterocycles. The number of aliphatic hydroxyl groups excluding tert-OH is 1. The minimum Gasteiger partial charge on any atom is -0.467 e. The van der Waals surface area contributed by atoms with Crippen LogP contribution in [0.25, 0.3) is 0 Å². The van der Waals surface area contributed by atoms with E-state index in [4.69, 9.17) is 4.42 Å². The van der Waals surface area contributed by atoms with Crippen LogP contribution in [0.3, 0.4) is 0 Å². The van der Waals surface area contributed by atoms with Crippen LogP contribution in [0.4, 0.5) is 0 Å². The van der Waals surface area contributed by atoms with Crippen LogP contribution in [0.1, 0.15) is 17.4 Å². The van der Waals surface area contributed by atoms with E-state index in [-0.39, 0.29) is 24.8 Å². The maximum atomic E-state index is 10.1. The predicted octanol–water partition coefficient (Wildman–Crippen LogP) is 2.97. The molecule has 0 saturated carbocycles. The zero-order chi connectivity index (χ0) is 14.5. The molecule has 6 heteroatoms. The van der Waals surface area contributed by atoms with Gasteiger partial charge in [-0.1, -0.05) is 30.3 Å². The van der Waals surface area contributed by atoms with E-state index in [9.17, 15) is 5.11 Å². The highest BCUT2D eigenvalue weighted by Gasteiger charge is 2.20. The second kappa shape index (κ2) is 9.96. The van der Waals surface area contributed by atoms with Crippen LogP contribution in [-0.2, 0) is 6.54 Å². The molecule has 1 unspecified atom stereocenters. The van der Waals surface area contributed by atoms with Gasteiger partial charge in [-0.3, -0.25) is 9.80 Å². The topological polar surface area (TPSA) is 39.9 Å². The van der Waals surface area contributed by atoms with Gasteiger partial charge in [0.2, 0.25) is 0 Å². The van der Waals surface area contributed by atoms with Crippen LogP contribution in [0.5, 0.6) is 0 Å². The number of benzene rings is 1. The molecular formula is C17H24Cl2N2O2. The number of piperazine rings is 1. The number of rotatable bonds is 5. The maximum Gasteiger partial charge on any atom is 0.133 e. The molecule has 0 amide bonds. The molecule has 1 atom stereocenters.